The van der Waals surface area contributed by atoms with Gasteiger partial charge in [-0.25, -0.2) is 4.79 Å². The molecular formula is C28H35BrN2O4. The van der Waals surface area contributed by atoms with E-state index in [1.165, 1.54) is 16.5 Å². The number of H-pyrrole nitrogens is 1. The predicted molar refractivity (Wildman–Crippen MR) is 142 cm³/mol. The topological polar surface area (TPSA) is 74.8 Å². The van der Waals surface area contributed by atoms with Gasteiger partial charge in [0.25, 0.3) is 0 Å². The Hall–Kier alpha value is -2.51. The van der Waals surface area contributed by atoms with Gasteiger partial charge in [-0.1, -0.05) is 34.5 Å². The molecule has 35 heavy (non-hydrogen) atoms. The van der Waals surface area contributed by atoms with Crippen LogP contribution in [0, 0.1) is 0 Å². The number of benzene rings is 2. The minimum atomic E-state index is -0.229. The molecule has 2 aromatic carbocycles. The number of aromatic nitrogens is 1. The van der Waals surface area contributed by atoms with Crippen molar-refractivity contribution in [2.24, 2.45) is 0 Å². The van der Waals surface area contributed by atoms with E-state index >= 15 is 0 Å². The van der Waals surface area contributed by atoms with Crippen molar-refractivity contribution in [3.63, 3.8) is 0 Å². The highest BCUT2D eigenvalue weighted by molar-refractivity contribution is 9.10. The van der Waals surface area contributed by atoms with Crippen LogP contribution in [0.15, 0.2) is 46.9 Å². The quantitative estimate of drug-likeness (QED) is 0.285. The number of nitrogens with one attached hydrogen (secondary N) is 1. The lowest BCUT2D eigenvalue weighted by Gasteiger charge is -2.35. The average molecular weight is 544 g/mol. The van der Waals surface area contributed by atoms with Crippen molar-refractivity contribution in [1.29, 1.82) is 0 Å². The number of amides is 1. The molecule has 0 bridgehead atoms. The van der Waals surface area contributed by atoms with Crippen molar-refractivity contribution >= 4 is 32.9 Å². The van der Waals surface area contributed by atoms with Gasteiger partial charge in [0.1, 0.15) is 5.75 Å². The normalized spacial score (nSPS) is 15.5. The standard InChI is InChI=1S/C28H35BrN2O4/c1-19(2)35-28(33)31-15-14-23-24-18-21(29)10-13-25(24)30-27(23)26(31)7-4-3-6-20-8-11-22(12-9-20)34-17-5-16-32/h8-13,18-19,26,30,32H,3-7,14-17H2,1-2H3. The molecule has 0 radical (unpaired) electrons. The number of rotatable bonds is 10. The maximum absolute atomic E-state index is 12.9. The number of hydrogen-bond acceptors (Lipinski definition) is 4. The third-order valence-corrected chi connectivity index (χ3v) is 6.97. The van der Waals surface area contributed by atoms with Crippen LogP contribution in [0.25, 0.3) is 10.9 Å². The number of ether oxygens (including phenoxy) is 2. The predicted octanol–water partition coefficient (Wildman–Crippen LogP) is 6.55. The van der Waals surface area contributed by atoms with E-state index in [4.69, 9.17) is 14.6 Å². The first kappa shape index (κ1) is 25.6. The average Bonchev–Trinajstić information content (AvgIpc) is 3.20. The molecule has 0 fully saturated rings. The number of aliphatic hydroxyl groups is 1. The Kier molecular flexibility index (Phi) is 8.74. The van der Waals surface area contributed by atoms with E-state index in [0.717, 1.165) is 53.5 Å². The van der Waals surface area contributed by atoms with E-state index < -0.39 is 0 Å². The first-order valence-electron chi connectivity index (χ1n) is 12.6. The molecule has 3 aromatic rings. The van der Waals surface area contributed by atoms with Crippen LogP contribution >= 0.6 is 15.9 Å². The van der Waals surface area contributed by atoms with Gasteiger partial charge in [-0.3, -0.25) is 4.90 Å². The molecule has 1 aliphatic heterocycles. The van der Waals surface area contributed by atoms with Crippen LogP contribution in [0.2, 0.25) is 0 Å². The van der Waals surface area contributed by atoms with Crippen LogP contribution in [0.4, 0.5) is 4.79 Å². The van der Waals surface area contributed by atoms with Crippen LogP contribution < -0.4 is 4.74 Å². The summed E-state index contributed by atoms with van der Waals surface area (Å²) in [6, 6.07) is 14.5. The number of hydrogen-bond donors (Lipinski definition) is 2. The fraction of sp³-hybridized carbons (Fsp3) is 0.464. The minimum Gasteiger partial charge on any atom is -0.494 e. The van der Waals surface area contributed by atoms with E-state index in [1.807, 2.05) is 36.9 Å². The van der Waals surface area contributed by atoms with E-state index in [-0.39, 0.29) is 24.8 Å². The zero-order valence-electron chi connectivity index (χ0n) is 20.6. The number of unbranched alkanes of at least 4 members (excludes halogenated alkanes) is 1. The number of carbonyl (C=O) groups is 1. The second-order valence-corrected chi connectivity index (χ2v) is 10.3. The Bertz CT molecular complexity index is 1130. The molecule has 188 valence electrons. The van der Waals surface area contributed by atoms with Crippen molar-refractivity contribution in [2.45, 2.75) is 64.5 Å². The van der Waals surface area contributed by atoms with Gasteiger partial charge < -0.3 is 19.6 Å². The SMILES string of the molecule is CC(C)OC(=O)N1CCc2c([nH]c3ccc(Br)cc23)C1CCCCc1ccc(OCCCO)cc1. The monoisotopic (exact) mass is 542 g/mol. The molecule has 6 nitrogen and oxygen atoms in total. The van der Waals surface area contributed by atoms with Crippen molar-refractivity contribution in [2.75, 3.05) is 19.8 Å². The number of aryl methyl sites for hydroxylation is 1. The van der Waals surface area contributed by atoms with E-state index in [0.29, 0.717) is 19.6 Å². The van der Waals surface area contributed by atoms with Crippen LogP contribution in [0.5, 0.6) is 5.75 Å². The molecule has 1 atom stereocenters. The van der Waals surface area contributed by atoms with E-state index in [2.05, 4.69) is 45.2 Å². The fourth-order valence-corrected chi connectivity index (χ4v) is 5.16. The molecule has 0 saturated heterocycles. The molecule has 0 saturated carbocycles. The lowest BCUT2D eigenvalue weighted by Crippen LogP contribution is -2.41. The van der Waals surface area contributed by atoms with Crippen molar-refractivity contribution in [3.8, 4) is 5.75 Å². The highest BCUT2D eigenvalue weighted by Crippen LogP contribution is 2.38. The molecule has 1 aromatic heterocycles. The van der Waals surface area contributed by atoms with Gasteiger partial charge in [0.15, 0.2) is 0 Å². The number of aliphatic hydroxyl groups excluding tert-OH is 1. The smallest absolute Gasteiger partial charge is 0.410 e. The molecule has 1 unspecified atom stereocenters. The van der Waals surface area contributed by atoms with Gasteiger partial charge in [-0.05, 0) is 81.0 Å². The number of aromatic amines is 1. The molecule has 2 heterocycles. The Morgan fingerprint density at radius 2 is 1.97 bits per heavy atom. The summed E-state index contributed by atoms with van der Waals surface area (Å²) in [6.45, 7) is 5.13. The van der Waals surface area contributed by atoms with Crippen molar-refractivity contribution in [3.05, 3.63) is 63.8 Å². The Morgan fingerprint density at radius 3 is 2.71 bits per heavy atom. The highest BCUT2D eigenvalue weighted by atomic mass is 79.9. The van der Waals surface area contributed by atoms with E-state index in [9.17, 15) is 4.79 Å². The molecule has 0 spiro atoms. The molecule has 7 heteroatoms. The third kappa shape index (κ3) is 6.39. The summed E-state index contributed by atoms with van der Waals surface area (Å²) in [5.74, 6) is 0.835. The maximum Gasteiger partial charge on any atom is 0.410 e. The first-order valence-corrected chi connectivity index (χ1v) is 13.4. The number of nitrogens with zero attached hydrogens (tertiary/aromatic N) is 1. The van der Waals surface area contributed by atoms with Gasteiger partial charge in [-0.15, -0.1) is 0 Å². The van der Waals surface area contributed by atoms with Crippen LogP contribution in [-0.4, -0.2) is 46.9 Å². The molecule has 1 amide bonds. The first-order chi connectivity index (χ1) is 17.0. The number of halogens is 1. The summed E-state index contributed by atoms with van der Waals surface area (Å²) in [5.41, 5.74) is 4.85. The van der Waals surface area contributed by atoms with Gasteiger partial charge in [-0.2, -0.15) is 0 Å². The summed E-state index contributed by atoms with van der Waals surface area (Å²) >= 11 is 3.60. The fourth-order valence-electron chi connectivity index (χ4n) is 4.80. The van der Waals surface area contributed by atoms with Crippen LogP contribution in [-0.2, 0) is 17.6 Å². The van der Waals surface area contributed by atoms with Crippen molar-refractivity contribution < 1.29 is 19.4 Å². The third-order valence-electron chi connectivity index (χ3n) is 6.47. The zero-order chi connectivity index (χ0) is 24.8. The largest absolute Gasteiger partial charge is 0.494 e. The van der Waals surface area contributed by atoms with Crippen LogP contribution in [0.1, 0.15) is 62.4 Å². The highest BCUT2D eigenvalue weighted by Gasteiger charge is 2.34. The molecule has 2 N–H and O–H groups in total. The lowest BCUT2D eigenvalue weighted by molar-refractivity contribution is 0.0576. The van der Waals surface area contributed by atoms with Gasteiger partial charge in [0.2, 0.25) is 0 Å². The van der Waals surface area contributed by atoms with Crippen molar-refractivity contribution in [1.82, 2.24) is 9.88 Å². The zero-order valence-corrected chi connectivity index (χ0v) is 22.1. The number of carbonyl (C=O) groups excluding carboxylic acids is 1. The van der Waals surface area contributed by atoms with Gasteiger partial charge in [0.05, 0.1) is 18.8 Å². The summed E-state index contributed by atoms with van der Waals surface area (Å²) in [6.07, 6.45) is 5.00. The molecule has 0 aliphatic carbocycles. The molecular weight excluding hydrogens is 508 g/mol. The Morgan fingerprint density at radius 1 is 1.17 bits per heavy atom. The second-order valence-electron chi connectivity index (χ2n) is 9.41. The summed E-state index contributed by atoms with van der Waals surface area (Å²) in [7, 11) is 0. The lowest BCUT2D eigenvalue weighted by atomic mass is 9.93. The Balaban J connectivity index is 1.42. The summed E-state index contributed by atoms with van der Waals surface area (Å²) in [5, 5.41) is 10.1. The summed E-state index contributed by atoms with van der Waals surface area (Å²) < 4.78 is 12.3. The van der Waals surface area contributed by atoms with Gasteiger partial charge >= 0.3 is 6.09 Å². The maximum atomic E-state index is 12.9. The second kappa shape index (κ2) is 12.0. The van der Waals surface area contributed by atoms with E-state index in [1.54, 1.807) is 0 Å². The van der Waals surface area contributed by atoms with Crippen LogP contribution in [0.3, 0.4) is 0 Å². The molecule has 1 aliphatic rings. The minimum absolute atomic E-state index is 0.0153. The Labute approximate surface area is 215 Å². The summed E-state index contributed by atoms with van der Waals surface area (Å²) in [4.78, 5) is 18.5. The number of fused-ring (bicyclic) bond motifs is 3. The molecule has 4 rings (SSSR count). The van der Waals surface area contributed by atoms with Gasteiger partial charge in [0, 0.05) is 40.6 Å².